The van der Waals surface area contributed by atoms with Gasteiger partial charge >= 0.3 is 0 Å². The van der Waals surface area contributed by atoms with E-state index in [9.17, 15) is 9.59 Å². The van der Waals surface area contributed by atoms with Gasteiger partial charge in [-0.15, -0.1) is 0 Å². The van der Waals surface area contributed by atoms with Crippen molar-refractivity contribution in [3.63, 3.8) is 0 Å². The van der Waals surface area contributed by atoms with Crippen molar-refractivity contribution in [2.24, 2.45) is 5.92 Å². The lowest BCUT2D eigenvalue weighted by Crippen LogP contribution is -2.44. The SMILES string of the molecule is CCn1cc(Br)cc1C(=O)N1CCCC(C(=O)Nc2cccc(C)n2)C1. The summed E-state index contributed by atoms with van der Waals surface area (Å²) in [6.45, 7) is 5.73. The highest BCUT2D eigenvalue weighted by Gasteiger charge is 2.30. The molecule has 1 N–H and O–H groups in total. The topological polar surface area (TPSA) is 67.2 Å². The number of aryl methyl sites for hydroxylation is 2. The van der Waals surface area contributed by atoms with Gasteiger partial charge in [-0.25, -0.2) is 4.98 Å². The zero-order valence-electron chi connectivity index (χ0n) is 15.0. The Morgan fingerprint density at radius 3 is 2.92 bits per heavy atom. The van der Waals surface area contributed by atoms with Crippen LogP contribution in [0.4, 0.5) is 5.82 Å². The lowest BCUT2D eigenvalue weighted by atomic mass is 9.97. The predicted molar refractivity (Wildman–Crippen MR) is 104 cm³/mol. The first-order chi connectivity index (χ1) is 12.5. The molecule has 138 valence electrons. The number of pyridine rings is 1. The number of carbonyl (C=O) groups is 2. The van der Waals surface area contributed by atoms with Crippen molar-refractivity contribution in [3.05, 3.63) is 46.3 Å². The lowest BCUT2D eigenvalue weighted by Gasteiger charge is -2.32. The molecule has 7 heteroatoms. The van der Waals surface area contributed by atoms with Crippen molar-refractivity contribution in [1.82, 2.24) is 14.5 Å². The second kappa shape index (κ2) is 8.03. The first-order valence-electron chi connectivity index (χ1n) is 8.87. The standard InChI is InChI=1S/C19H23BrN4O2/c1-3-23-12-15(20)10-16(23)19(26)24-9-5-7-14(11-24)18(25)22-17-8-4-6-13(2)21-17/h4,6,8,10,12,14H,3,5,7,9,11H2,1-2H3,(H,21,22,25). The highest BCUT2D eigenvalue weighted by atomic mass is 79.9. The fourth-order valence-corrected chi connectivity index (χ4v) is 3.76. The summed E-state index contributed by atoms with van der Waals surface area (Å²) in [5.74, 6) is 0.238. The molecule has 0 bridgehead atoms. The molecule has 2 aromatic heterocycles. The minimum Gasteiger partial charge on any atom is -0.343 e. The molecule has 3 rings (SSSR count). The van der Waals surface area contributed by atoms with E-state index in [1.54, 1.807) is 11.0 Å². The number of rotatable bonds is 4. The molecule has 1 aliphatic rings. The van der Waals surface area contributed by atoms with Gasteiger partial charge in [0.1, 0.15) is 11.5 Å². The van der Waals surface area contributed by atoms with Crippen molar-refractivity contribution in [2.45, 2.75) is 33.2 Å². The molecule has 1 saturated heterocycles. The Kier molecular flexibility index (Phi) is 5.76. The van der Waals surface area contributed by atoms with Crippen LogP contribution in [0.3, 0.4) is 0 Å². The molecule has 1 unspecified atom stereocenters. The molecule has 6 nitrogen and oxygen atoms in total. The largest absolute Gasteiger partial charge is 0.343 e. The number of aromatic nitrogens is 2. The normalized spacial score (nSPS) is 17.2. The summed E-state index contributed by atoms with van der Waals surface area (Å²) in [5.41, 5.74) is 1.51. The van der Waals surface area contributed by atoms with Gasteiger partial charge in [0.25, 0.3) is 5.91 Å². The fraction of sp³-hybridized carbons (Fsp3) is 0.421. The highest BCUT2D eigenvalue weighted by Crippen LogP contribution is 2.22. The van der Waals surface area contributed by atoms with Crippen LogP contribution in [0.1, 0.15) is 35.9 Å². The first kappa shape index (κ1) is 18.6. The van der Waals surface area contributed by atoms with Crippen LogP contribution in [-0.4, -0.2) is 39.4 Å². The quantitative estimate of drug-likeness (QED) is 0.826. The Labute approximate surface area is 161 Å². The number of amides is 2. The van der Waals surface area contributed by atoms with Crippen LogP contribution in [0.15, 0.2) is 34.9 Å². The van der Waals surface area contributed by atoms with Crippen LogP contribution in [0, 0.1) is 12.8 Å². The summed E-state index contributed by atoms with van der Waals surface area (Å²) >= 11 is 3.43. The summed E-state index contributed by atoms with van der Waals surface area (Å²) in [5, 5.41) is 2.88. The molecule has 2 aromatic rings. The molecular weight excluding hydrogens is 396 g/mol. The third-order valence-corrected chi connectivity index (χ3v) is 5.08. The van der Waals surface area contributed by atoms with E-state index in [4.69, 9.17) is 0 Å². The lowest BCUT2D eigenvalue weighted by molar-refractivity contribution is -0.121. The number of hydrogen-bond donors (Lipinski definition) is 1. The van der Waals surface area contributed by atoms with Crippen LogP contribution in [0.5, 0.6) is 0 Å². The number of halogens is 1. The fourth-order valence-electron chi connectivity index (χ4n) is 3.29. The minimum atomic E-state index is -0.219. The monoisotopic (exact) mass is 418 g/mol. The average molecular weight is 419 g/mol. The zero-order chi connectivity index (χ0) is 18.7. The summed E-state index contributed by atoms with van der Waals surface area (Å²) < 4.78 is 2.81. The average Bonchev–Trinajstić information content (AvgIpc) is 3.02. The molecule has 0 spiro atoms. The Balaban J connectivity index is 1.68. The second-order valence-electron chi connectivity index (χ2n) is 6.57. The maximum atomic E-state index is 12.9. The summed E-state index contributed by atoms with van der Waals surface area (Å²) in [6.07, 6.45) is 3.50. The van der Waals surface area contributed by atoms with Crippen molar-refractivity contribution in [2.75, 3.05) is 18.4 Å². The van der Waals surface area contributed by atoms with E-state index in [0.29, 0.717) is 24.6 Å². The number of hydrogen-bond acceptors (Lipinski definition) is 3. The van der Waals surface area contributed by atoms with E-state index in [2.05, 4.69) is 26.2 Å². The molecule has 1 aliphatic heterocycles. The molecule has 3 heterocycles. The number of carbonyl (C=O) groups excluding carboxylic acids is 2. The molecule has 26 heavy (non-hydrogen) atoms. The van der Waals surface area contributed by atoms with Crippen LogP contribution >= 0.6 is 15.9 Å². The van der Waals surface area contributed by atoms with Gasteiger partial charge in [0.15, 0.2) is 0 Å². The van der Waals surface area contributed by atoms with Gasteiger partial charge in [0.05, 0.1) is 5.92 Å². The van der Waals surface area contributed by atoms with E-state index in [1.807, 2.05) is 42.8 Å². The van der Waals surface area contributed by atoms with Crippen molar-refractivity contribution < 1.29 is 9.59 Å². The maximum Gasteiger partial charge on any atom is 0.270 e. The van der Waals surface area contributed by atoms with E-state index in [0.717, 1.165) is 29.6 Å². The number of likely N-dealkylation sites (tertiary alicyclic amines) is 1. The summed E-state index contributed by atoms with van der Waals surface area (Å²) in [7, 11) is 0. The van der Waals surface area contributed by atoms with Gasteiger partial charge in [-0.2, -0.15) is 0 Å². The Hall–Kier alpha value is -2.15. The van der Waals surface area contributed by atoms with E-state index in [1.165, 1.54) is 0 Å². The van der Waals surface area contributed by atoms with Gasteiger partial charge < -0.3 is 14.8 Å². The molecular formula is C19H23BrN4O2. The van der Waals surface area contributed by atoms with E-state index in [-0.39, 0.29) is 17.7 Å². The Morgan fingerprint density at radius 1 is 1.38 bits per heavy atom. The number of nitrogens with zero attached hydrogens (tertiary/aromatic N) is 3. The first-order valence-corrected chi connectivity index (χ1v) is 9.66. The maximum absolute atomic E-state index is 12.9. The molecule has 0 saturated carbocycles. The van der Waals surface area contributed by atoms with Crippen LogP contribution < -0.4 is 5.32 Å². The third-order valence-electron chi connectivity index (χ3n) is 4.64. The molecule has 0 aromatic carbocycles. The van der Waals surface area contributed by atoms with Crippen LogP contribution in [-0.2, 0) is 11.3 Å². The minimum absolute atomic E-state index is 0.0243. The third kappa shape index (κ3) is 4.15. The van der Waals surface area contributed by atoms with Crippen molar-refractivity contribution >= 4 is 33.6 Å². The van der Waals surface area contributed by atoms with E-state index < -0.39 is 0 Å². The highest BCUT2D eigenvalue weighted by molar-refractivity contribution is 9.10. The van der Waals surface area contributed by atoms with Gasteiger partial charge in [0, 0.05) is 36.0 Å². The van der Waals surface area contributed by atoms with Gasteiger partial charge in [0.2, 0.25) is 5.91 Å². The van der Waals surface area contributed by atoms with Crippen LogP contribution in [0.2, 0.25) is 0 Å². The van der Waals surface area contributed by atoms with Gasteiger partial charge in [-0.1, -0.05) is 6.07 Å². The Bertz CT molecular complexity index is 818. The van der Waals surface area contributed by atoms with E-state index >= 15 is 0 Å². The Morgan fingerprint density at radius 2 is 2.19 bits per heavy atom. The summed E-state index contributed by atoms with van der Waals surface area (Å²) in [4.78, 5) is 31.6. The van der Waals surface area contributed by atoms with Crippen molar-refractivity contribution in [1.29, 1.82) is 0 Å². The second-order valence-corrected chi connectivity index (χ2v) is 7.49. The van der Waals surface area contributed by atoms with Crippen molar-refractivity contribution in [3.8, 4) is 0 Å². The molecule has 2 amide bonds. The predicted octanol–water partition coefficient (Wildman–Crippen LogP) is 3.46. The zero-order valence-corrected chi connectivity index (χ0v) is 16.6. The summed E-state index contributed by atoms with van der Waals surface area (Å²) in [6, 6.07) is 7.37. The number of anilines is 1. The smallest absolute Gasteiger partial charge is 0.270 e. The number of piperidine rings is 1. The molecule has 1 fully saturated rings. The number of nitrogens with one attached hydrogen (secondary N) is 1. The molecule has 0 aliphatic carbocycles. The molecule has 0 radical (unpaired) electrons. The molecule has 1 atom stereocenters. The van der Waals surface area contributed by atoms with Gasteiger partial charge in [-0.05, 0) is 60.8 Å². The van der Waals surface area contributed by atoms with Gasteiger partial charge in [-0.3, -0.25) is 9.59 Å². The van der Waals surface area contributed by atoms with Crippen LogP contribution in [0.25, 0.3) is 0 Å².